The number of likely N-dealkylation sites (N-methyl/N-ethyl adjacent to an activating group) is 1. The number of rotatable bonds is 21. The van der Waals surface area contributed by atoms with Gasteiger partial charge in [0.15, 0.2) is 0 Å². The van der Waals surface area contributed by atoms with E-state index in [1.807, 2.05) is 25.2 Å². The number of benzene rings is 3. The molecule has 3 aromatic rings. The van der Waals surface area contributed by atoms with E-state index in [1.54, 1.807) is 50.6 Å². The molecule has 13 nitrogen and oxygen atoms in total. The number of azo groups is 2. The van der Waals surface area contributed by atoms with Crippen LogP contribution in [0.25, 0.3) is 4.85 Å². The van der Waals surface area contributed by atoms with E-state index in [9.17, 15) is 4.79 Å². The zero-order chi connectivity index (χ0) is 40.8. The van der Waals surface area contributed by atoms with Gasteiger partial charge in [0.25, 0.3) is 14.4 Å². The lowest BCUT2D eigenvalue weighted by molar-refractivity contribution is 0.0952. The highest BCUT2D eigenvalue weighted by Crippen LogP contribution is 2.48. The highest BCUT2D eigenvalue weighted by Gasteiger charge is 2.37. The molecule has 1 aliphatic rings. The lowest BCUT2D eigenvalue weighted by Crippen LogP contribution is -2.33. The minimum atomic E-state index is -1.21. The molecule has 1 aliphatic heterocycles. The summed E-state index contributed by atoms with van der Waals surface area (Å²) in [5.41, 5.74) is 5.85. The highest BCUT2D eigenvalue weighted by atomic mass is 31.2. The van der Waals surface area contributed by atoms with E-state index >= 15 is 0 Å². The molecule has 1 heterocycles. The number of methoxy groups -OCH3 is 2. The van der Waals surface area contributed by atoms with Crippen LogP contribution in [0.15, 0.2) is 87.3 Å². The van der Waals surface area contributed by atoms with Gasteiger partial charge in [-0.3, -0.25) is 4.79 Å². The summed E-state index contributed by atoms with van der Waals surface area (Å²) >= 11 is 0. The van der Waals surface area contributed by atoms with Crippen molar-refractivity contribution in [3.8, 4) is 11.5 Å². The number of amides is 1. The van der Waals surface area contributed by atoms with E-state index in [0.717, 1.165) is 42.6 Å². The van der Waals surface area contributed by atoms with Crippen LogP contribution in [-0.4, -0.2) is 70.2 Å². The normalized spacial score (nSPS) is 14.3. The number of carbonyl (C=O) groups excluding carboxylic acids is 1. The van der Waals surface area contributed by atoms with E-state index in [0.29, 0.717) is 66.1 Å². The second-order valence-electron chi connectivity index (χ2n) is 14.5. The largest absolute Gasteiger partial charge is 0.494 e. The van der Waals surface area contributed by atoms with Crippen molar-refractivity contribution in [2.75, 3.05) is 52.5 Å². The maximum absolute atomic E-state index is 12.8. The summed E-state index contributed by atoms with van der Waals surface area (Å²) < 4.78 is 25.6. The Balaban J connectivity index is 1.26. The molecule has 0 aromatic heterocycles. The Morgan fingerprint density at radius 3 is 2.02 bits per heavy atom. The van der Waals surface area contributed by atoms with E-state index in [4.69, 9.17) is 25.1 Å². The molecule has 1 amide bonds. The number of anilines is 1. The monoisotopic (exact) mass is 784 g/mol. The van der Waals surface area contributed by atoms with Crippen molar-refractivity contribution in [3.05, 3.63) is 89.4 Å². The van der Waals surface area contributed by atoms with Crippen LogP contribution in [0.1, 0.15) is 83.1 Å². The molecule has 0 fully saturated rings. The van der Waals surface area contributed by atoms with Crippen LogP contribution in [-0.2, 0) is 14.5 Å². The molecular weight excluding hydrogens is 727 g/mol. The summed E-state index contributed by atoms with van der Waals surface area (Å²) in [5, 5.41) is 20.8. The number of carbonyl (C=O) groups is 1. The van der Waals surface area contributed by atoms with E-state index in [1.165, 1.54) is 0 Å². The minimum absolute atomic E-state index is 0.140. The van der Waals surface area contributed by atoms with Crippen LogP contribution in [0.4, 0.5) is 28.4 Å². The number of nitrogens with one attached hydrogen (secondary N) is 1. The molecule has 1 N–H and O–H groups in total. The molecule has 14 heteroatoms. The molecule has 0 spiro atoms. The summed E-state index contributed by atoms with van der Waals surface area (Å²) in [7, 11) is 3.92. The molecule has 300 valence electrons. The van der Waals surface area contributed by atoms with Crippen molar-refractivity contribution in [1.82, 2.24) is 9.99 Å². The Hall–Kier alpha value is -4.73. The molecule has 0 aliphatic carbocycles. The van der Waals surface area contributed by atoms with Gasteiger partial charge in [-0.05, 0) is 88.6 Å². The van der Waals surface area contributed by atoms with E-state index in [-0.39, 0.29) is 23.4 Å². The van der Waals surface area contributed by atoms with Gasteiger partial charge in [-0.1, -0.05) is 33.3 Å². The third kappa shape index (κ3) is 11.4. The van der Waals surface area contributed by atoms with Crippen molar-refractivity contribution in [3.63, 3.8) is 0 Å². The summed E-state index contributed by atoms with van der Waals surface area (Å²) in [6.45, 7) is 26.0. The van der Waals surface area contributed by atoms with Gasteiger partial charge >= 0.3 is 0 Å². The summed E-state index contributed by atoms with van der Waals surface area (Å²) in [6.07, 6.45) is 3.72. The Bertz CT molecular complexity index is 1880. The SMILES string of the molecule is [C-]#[N+]CCOP(OCCCCCCNC(=O)c1ccc(N=Nc2cc(OC)c(N=Nc3ccc4c(c3)C(C)(C)C(=C)N4C)cc2OC)cc1)N(C(C)C)C(C)C. The first-order chi connectivity index (χ1) is 26.8. The van der Waals surface area contributed by atoms with Crippen LogP contribution in [0.2, 0.25) is 0 Å². The average molecular weight is 785 g/mol. The topological polar surface area (TPSA) is 126 Å². The average Bonchev–Trinajstić information content (AvgIpc) is 3.35. The Morgan fingerprint density at radius 1 is 0.857 bits per heavy atom. The van der Waals surface area contributed by atoms with Crippen molar-refractivity contribution < 1.29 is 23.3 Å². The van der Waals surface area contributed by atoms with Gasteiger partial charge in [0.1, 0.15) is 29.5 Å². The van der Waals surface area contributed by atoms with Crippen LogP contribution in [0.3, 0.4) is 0 Å². The Kier molecular flexibility index (Phi) is 16.5. The first-order valence-corrected chi connectivity index (χ1v) is 20.2. The first-order valence-electron chi connectivity index (χ1n) is 19.0. The number of allylic oxidation sites excluding steroid dienone is 1. The zero-order valence-electron chi connectivity index (χ0n) is 34.3. The van der Waals surface area contributed by atoms with Crippen LogP contribution in [0.5, 0.6) is 11.5 Å². The maximum atomic E-state index is 12.8. The number of fused-ring (bicyclic) bond motifs is 1. The van der Waals surface area contributed by atoms with Gasteiger partial charge < -0.3 is 33.6 Å². The van der Waals surface area contributed by atoms with Crippen molar-refractivity contribution in [2.45, 2.75) is 84.7 Å². The minimum Gasteiger partial charge on any atom is -0.494 e. The fourth-order valence-electron chi connectivity index (χ4n) is 6.36. The van der Waals surface area contributed by atoms with Crippen molar-refractivity contribution in [1.29, 1.82) is 0 Å². The third-order valence-corrected chi connectivity index (χ3v) is 11.6. The summed E-state index contributed by atoms with van der Waals surface area (Å²) in [6, 6.07) is 16.9. The quantitative estimate of drug-likeness (QED) is 0.0493. The highest BCUT2D eigenvalue weighted by molar-refractivity contribution is 7.44. The fraction of sp³-hybridized carbons (Fsp3) is 0.476. The molecule has 0 saturated heterocycles. The molecular formula is C42H57N8O5P. The van der Waals surface area contributed by atoms with Gasteiger partial charge in [0.05, 0.1) is 32.2 Å². The van der Waals surface area contributed by atoms with Gasteiger partial charge in [-0.2, -0.15) is 10.2 Å². The van der Waals surface area contributed by atoms with Gasteiger partial charge in [0, 0.05) is 60.2 Å². The second-order valence-corrected chi connectivity index (χ2v) is 16.0. The second kappa shape index (κ2) is 21.0. The van der Waals surface area contributed by atoms with Crippen molar-refractivity contribution in [2.24, 2.45) is 20.5 Å². The number of hydrogen-bond acceptors (Lipinski definition) is 11. The van der Waals surface area contributed by atoms with Crippen molar-refractivity contribution >= 4 is 42.9 Å². The zero-order valence-corrected chi connectivity index (χ0v) is 35.2. The smallest absolute Gasteiger partial charge is 0.259 e. The fourth-order valence-corrected chi connectivity index (χ4v) is 7.98. The standard InChI is InChI=1S/C42H57N8O5P/c1-29(2)50(30(3)4)56(55-25-23-43-8)54-24-15-13-12-14-22-44-41(51)32-16-18-33(19-17-32)45-47-36-27-40(53-11)37(28-39(36)52-10)48-46-34-20-21-38-35(26-34)42(6,7)31(5)49(38)9/h16-21,26-30H,5,12-15,22-25H2,1-4,6-7,9-11H3,(H,44,51). The third-order valence-electron chi connectivity index (χ3n) is 9.51. The maximum Gasteiger partial charge on any atom is 0.259 e. The Labute approximate surface area is 334 Å². The lowest BCUT2D eigenvalue weighted by Gasteiger charge is -2.35. The van der Waals surface area contributed by atoms with E-state index < -0.39 is 8.53 Å². The lowest BCUT2D eigenvalue weighted by atomic mass is 9.84. The molecule has 4 rings (SSSR count). The van der Waals surface area contributed by atoms with Gasteiger partial charge in [0.2, 0.25) is 6.54 Å². The van der Waals surface area contributed by atoms with E-state index in [2.05, 4.69) is 88.3 Å². The predicted octanol–water partition coefficient (Wildman–Crippen LogP) is 11.4. The van der Waals surface area contributed by atoms with Crippen LogP contribution in [0, 0.1) is 6.57 Å². The number of hydrogen-bond donors (Lipinski definition) is 1. The van der Waals surface area contributed by atoms with Gasteiger partial charge in [-0.25, -0.2) is 11.2 Å². The Morgan fingerprint density at radius 2 is 1.43 bits per heavy atom. The van der Waals surface area contributed by atoms with Gasteiger partial charge in [-0.15, -0.1) is 10.2 Å². The summed E-state index contributed by atoms with van der Waals surface area (Å²) in [5.74, 6) is 0.779. The number of ether oxygens (including phenoxy) is 2. The molecule has 0 bridgehead atoms. The molecule has 56 heavy (non-hydrogen) atoms. The number of nitrogens with zero attached hydrogens (tertiary/aromatic N) is 7. The number of unbranched alkanes of at least 4 members (excludes halogenated alkanes) is 3. The molecule has 0 saturated carbocycles. The molecule has 3 aromatic carbocycles. The summed E-state index contributed by atoms with van der Waals surface area (Å²) in [4.78, 5) is 18.3. The molecule has 1 atom stereocenters. The molecule has 1 unspecified atom stereocenters. The molecule has 0 radical (unpaired) electrons. The van der Waals surface area contributed by atoms with Crippen LogP contribution < -0.4 is 19.7 Å². The predicted molar refractivity (Wildman–Crippen MR) is 225 cm³/mol. The van der Waals surface area contributed by atoms with Crippen LogP contribution >= 0.6 is 8.53 Å². The first kappa shape index (κ1) is 44.0.